The Morgan fingerprint density at radius 3 is 0.820 bits per heavy atom. The van der Waals surface area contributed by atoms with Gasteiger partial charge in [0.1, 0.15) is 144 Å². The number of ether oxygens (including phenoxy) is 6. The first-order valence-electron chi connectivity index (χ1n) is 46.1. The first-order valence-corrected chi connectivity index (χ1v) is 46.1. The van der Waals surface area contributed by atoms with E-state index in [0.29, 0.717) is 53.1 Å². The number of nitrogens with zero attached hydrogens (tertiary/aromatic N) is 13. The number of aliphatic hydroxyl groups excluding tert-OH is 18. The molecule has 38 heteroatoms. The molecular formula is C95H128N14O24. The quantitative estimate of drug-likeness (QED) is 0.0540. The number of fused-ring (bicyclic) bond motifs is 6. The van der Waals surface area contributed by atoms with Crippen molar-refractivity contribution in [3.8, 4) is 0 Å². The lowest BCUT2D eigenvalue weighted by atomic mass is 9.93. The second-order valence-electron chi connectivity index (χ2n) is 36.5. The van der Waals surface area contributed by atoms with E-state index in [1.54, 1.807) is 97.0 Å². The van der Waals surface area contributed by atoms with Crippen LogP contribution in [0, 0.1) is 53.4 Å². The minimum Gasteiger partial charge on any atom is -0.391 e. The molecule has 722 valence electrons. The van der Waals surface area contributed by atoms with Gasteiger partial charge in [0.25, 0.3) is 0 Å². The molecule has 18 heterocycles. The van der Waals surface area contributed by atoms with Crippen molar-refractivity contribution >= 4 is 72.1 Å². The van der Waals surface area contributed by atoms with Gasteiger partial charge in [0, 0.05) is 100 Å². The monoisotopic (exact) mass is 1850 g/mol. The average molecular weight is 1850 g/mol. The first-order chi connectivity index (χ1) is 63.7. The molecule has 2 saturated carbocycles. The third-order valence-electron chi connectivity index (χ3n) is 27.7. The fourth-order valence-corrected chi connectivity index (χ4v) is 19.9. The van der Waals surface area contributed by atoms with Crippen molar-refractivity contribution in [3.63, 3.8) is 0 Å². The Morgan fingerprint density at radius 1 is 0.316 bits per heavy atom. The number of rotatable bonds is 18. The highest BCUT2D eigenvalue weighted by Crippen LogP contribution is 2.44. The van der Waals surface area contributed by atoms with Crippen LogP contribution in [0.2, 0.25) is 0 Å². The van der Waals surface area contributed by atoms with Crippen molar-refractivity contribution in [3.05, 3.63) is 168 Å². The number of anilines is 1. The van der Waals surface area contributed by atoms with Crippen molar-refractivity contribution < 1.29 is 120 Å². The summed E-state index contributed by atoms with van der Waals surface area (Å²) in [5, 5.41) is 189. The van der Waals surface area contributed by atoms with Gasteiger partial charge in [-0.2, -0.15) is 4.98 Å². The Hall–Kier alpha value is -9.09. The molecule has 6 saturated heterocycles. The summed E-state index contributed by atoms with van der Waals surface area (Å²) >= 11 is 0. The molecule has 20 N–H and O–H groups in total. The van der Waals surface area contributed by atoms with E-state index in [4.69, 9.17) is 34.2 Å². The Kier molecular flexibility index (Phi) is 31.0. The van der Waals surface area contributed by atoms with E-state index in [2.05, 4.69) is 34.9 Å². The zero-order valence-electron chi connectivity index (χ0n) is 76.1. The van der Waals surface area contributed by atoms with Gasteiger partial charge in [0.2, 0.25) is 5.95 Å². The standard InChI is InChI=1S/2C18H24N2O4.C15H22N4O4.2C15H20N2O4.C14H18N2O4/c2*1-10-6-8-19-17-12(10)7-9-20(17)18-15(23)14(22)16(24-18)13(21)11-4-2-3-5-11;1-3-4-9(20)12-10(21)11(22)14(23-12)19-6-5-8-7(2)17-15(16)18-13(8)19;2*1-3-10(18)13-11(19)12(20)15(21-13)17-7-5-9-8(2)4-6-16-14(9)17;1-7-3-5-15-13-9(7)4-6-16(13)14-11(19)10(18)12(20-14)8(2)17/h2*6-9,11,13-16,18,21-23H,2-5H2,1H3;5-6,9-12,14,20-22H,3-4H2,1-2H3,(H2,16,17,18);2*4-7,10-13,15,18-20H,3H2,1-2H3;3-6,8,10-12,14,17-19H,1-2H3. The molecule has 6 aliphatic heterocycles. The van der Waals surface area contributed by atoms with Crippen LogP contribution >= 0.6 is 0 Å². The van der Waals surface area contributed by atoms with Crippen molar-refractivity contribution in [2.45, 2.75) is 330 Å². The van der Waals surface area contributed by atoms with Crippen LogP contribution < -0.4 is 5.73 Å². The summed E-state index contributed by atoms with van der Waals surface area (Å²) in [5.74, 6) is 0.403. The lowest BCUT2D eigenvalue weighted by Gasteiger charge is -2.25. The SMILES string of the molecule is CCC(O)C1OC(n2ccc3c(C)ccnc32)C(O)C1O.CCC(O)C1OC(n2ccc3c(C)ccnc32)C(O)C1O.CCCC(O)C1OC(n2ccc3c(C)nc(N)nc32)C(O)C1O.Cc1ccnc2c1ccn2C1OC(C(C)O)C(O)C1O.Cc1ccnc2c1ccn2C1OC(C(O)C2CCCC2)C(O)C1O.Cc1ccnc2c1ccn2C1OC(C(O)C2CCCC2)C(O)C1O. The van der Waals surface area contributed by atoms with E-state index >= 15 is 0 Å². The Labute approximate surface area is 767 Å². The van der Waals surface area contributed by atoms with Gasteiger partial charge in [-0.05, 0) is 200 Å². The van der Waals surface area contributed by atoms with Crippen LogP contribution in [0.15, 0.2) is 135 Å². The van der Waals surface area contributed by atoms with Crippen molar-refractivity contribution in [2.75, 3.05) is 5.73 Å². The fraction of sp³-hybridized carbons (Fsp3) is 0.568. The maximum atomic E-state index is 10.6. The Morgan fingerprint density at radius 2 is 0.556 bits per heavy atom. The molecule has 133 heavy (non-hydrogen) atoms. The molecule has 0 amide bonds. The van der Waals surface area contributed by atoms with Crippen LogP contribution in [-0.4, -0.2) is 301 Å². The molecule has 30 atom stereocenters. The molecule has 8 fully saturated rings. The molecule has 20 rings (SSSR count). The highest BCUT2D eigenvalue weighted by atomic mass is 16.6. The maximum Gasteiger partial charge on any atom is 0.222 e. The number of hydrogen-bond donors (Lipinski definition) is 19. The summed E-state index contributed by atoms with van der Waals surface area (Å²) in [6, 6.07) is 21.0. The second kappa shape index (κ2) is 41.9. The predicted molar refractivity (Wildman–Crippen MR) is 486 cm³/mol. The number of nitrogen functional groups attached to an aromatic ring is 1. The third-order valence-corrected chi connectivity index (χ3v) is 27.7. The number of aromatic nitrogens is 13. The van der Waals surface area contributed by atoms with Gasteiger partial charge in [-0.3, -0.25) is 0 Å². The molecule has 2 aliphatic carbocycles. The molecule has 0 aromatic carbocycles. The summed E-state index contributed by atoms with van der Waals surface area (Å²) in [6.45, 7) is 18.8. The number of nitrogens with two attached hydrogens (primary N) is 1. The van der Waals surface area contributed by atoms with E-state index in [9.17, 15) is 91.9 Å². The highest BCUT2D eigenvalue weighted by molar-refractivity contribution is 5.83. The molecule has 12 aromatic heterocycles. The van der Waals surface area contributed by atoms with E-state index in [1.165, 1.54) is 6.92 Å². The van der Waals surface area contributed by atoms with Crippen LogP contribution in [0.3, 0.4) is 0 Å². The Balaban J connectivity index is 0.000000122. The summed E-state index contributed by atoms with van der Waals surface area (Å²) in [4.78, 5) is 30.0. The number of pyridine rings is 5. The van der Waals surface area contributed by atoms with Gasteiger partial charge >= 0.3 is 0 Å². The number of aliphatic hydroxyl groups is 18. The lowest BCUT2D eigenvalue weighted by molar-refractivity contribution is -0.0997. The summed E-state index contributed by atoms with van der Waals surface area (Å²) < 4.78 is 44.8. The minimum atomic E-state index is -1.17. The minimum absolute atomic E-state index is 0.130. The van der Waals surface area contributed by atoms with Gasteiger partial charge in [0.05, 0.1) is 42.3 Å². The van der Waals surface area contributed by atoms with Crippen molar-refractivity contribution in [2.24, 2.45) is 11.8 Å². The topological polar surface area (TPSA) is 565 Å². The van der Waals surface area contributed by atoms with Gasteiger partial charge in [0.15, 0.2) is 37.4 Å². The van der Waals surface area contributed by atoms with Crippen LogP contribution in [0.4, 0.5) is 5.95 Å². The lowest BCUT2D eigenvalue weighted by Crippen LogP contribution is -2.41. The van der Waals surface area contributed by atoms with Crippen LogP contribution in [0.1, 0.15) is 176 Å². The van der Waals surface area contributed by atoms with Gasteiger partial charge in [-0.1, -0.05) is 52.9 Å². The maximum absolute atomic E-state index is 10.6. The highest BCUT2D eigenvalue weighted by Gasteiger charge is 2.54. The third kappa shape index (κ3) is 19.5. The summed E-state index contributed by atoms with van der Waals surface area (Å²) in [6.07, 6.45) is 1.96. The zero-order valence-corrected chi connectivity index (χ0v) is 76.1. The number of aryl methyl sites for hydroxylation is 6. The van der Waals surface area contributed by atoms with E-state index in [0.717, 1.165) is 124 Å². The normalized spacial score (nSPS) is 31.4. The summed E-state index contributed by atoms with van der Waals surface area (Å²) in [7, 11) is 0. The molecule has 38 nitrogen and oxygen atoms in total. The van der Waals surface area contributed by atoms with Crippen molar-refractivity contribution in [1.82, 2.24) is 62.3 Å². The van der Waals surface area contributed by atoms with E-state index in [-0.39, 0.29) is 17.8 Å². The number of hydrogen-bond acceptors (Lipinski definition) is 32. The smallest absolute Gasteiger partial charge is 0.222 e. The molecule has 30 unspecified atom stereocenters. The molecule has 0 spiro atoms. The van der Waals surface area contributed by atoms with Gasteiger partial charge in [-0.25, -0.2) is 29.9 Å². The zero-order chi connectivity index (χ0) is 95.1. The van der Waals surface area contributed by atoms with Crippen molar-refractivity contribution in [1.29, 1.82) is 0 Å². The predicted octanol–water partition coefficient (Wildman–Crippen LogP) is 4.95. The largest absolute Gasteiger partial charge is 0.391 e. The molecule has 0 radical (unpaired) electrons. The molecular weight excluding hydrogens is 1720 g/mol. The van der Waals surface area contributed by atoms with E-state index in [1.807, 2.05) is 128 Å². The van der Waals surface area contributed by atoms with Crippen LogP contribution in [0.25, 0.3) is 66.2 Å². The molecule has 12 aromatic rings. The average Bonchev–Trinajstić information content (AvgIpc) is 1.64. The second-order valence-corrected chi connectivity index (χ2v) is 36.5. The molecule has 8 aliphatic rings. The van der Waals surface area contributed by atoms with Gasteiger partial charge in [-0.15, -0.1) is 0 Å². The summed E-state index contributed by atoms with van der Waals surface area (Å²) in [5.41, 5.74) is 15.9. The fourth-order valence-electron chi connectivity index (χ4n) is 19.9. The van der Waals surface area contributed by atoms with Crippen LogP contribution in [0.5, 0.6) is 0 Å². The van der Waals surface area contributed by atoms with Crippen LogP contribution in [-0.2, 0) is 28.4 Å². The van der Waals surface area contributed by atoms with Gasteiger partial charge < -0.3 is 153 Å². The molecule has 0 bridgehead atoms. The van der Waals surface area contributed by atoms with E-state index < -0.39 is 184 Å². The Bertz CT molecular complexity index is 5640. The first kappa shape index (κ1) is 98.4.